The predicted octanol–water partition coefficient (Wildman–Crippen LogP) is 0.810. The number of fused-ring (bicyclic) bond motifs is 1. The summed E-state index contributed by atoms with van der Waals surface area (Å²) in [6.07, 6.45) is 9.65. The van der Waals surface area contributed by atoms with Crippen LogP contribution in [0, 0.1) is 0 Å². The number of nitrogens with zero attached hydrogens (tertiary/aromatic N) is 3. The van der Waals surface area contributed by atoms with Gasteiger partial charge in [-0.15, -0.1) is 6.58 Å². The zero-order valence-corrected chi connectivity index (χ0v) is 8.30. The Labute approximate surface area is 87.6 Å². The van der Waals surface area contributed by atoms with Gasteiger partial charge in [0.25, 0.3) is 0 Å². The van der Waals surface area contributed by atoms with Crippen LogP contribution in [0.3, 0.4) is 0 Å². The van der Waals surface area contributed by atoms with Gasteiger partial charge >= 0.3 is 0 Å². The molecule has 3 N–H and O–H groups in total. The summed E-state index contributed by atoms with van der Waals surface area (Å²) >= 11 is 0. The Morgan fingerprint density at radius 3 is 3.20 bits per heavy atom. The average molecular weight is 203 g/mol. The van der Waals surface area contributed by atoms with Gasteiger partial charge in [0.1, 0.15) is 0 Å². The van der Waals surface area contributed by atoms with Gasteiger partial charge in [-0.1, -0.05) is 6.08 Å². The molecular weight excluding hydrogens is 190 g/mol. The Kier molecular flexibility index (Phi) is 2.75. The third kappa shape index (κ3) is 1.74. The highest BCUT2D eigenvalue weighted by Crippen LogP contribution is 2.20. The first-order valence-electron chi connectivity index (χ1n) is 4.71. The molecule has 0 amide bonds. The Morgan fingerprint density at radius 2 is 2.47 bits per heavy atom. The second-order valence-corrected chi connectivity index (χ2v) is 3.25. The van der Waals surface area contributed by atoms with E-state index in [-0.39, 0.29) is 6.04 Å². The van der Waals surface area contributed by atoms with Gasteiger partial charge in [-0.2, -0.15) is 5.10 Å². The SMILES string of the molecule is C=CCC(NN)c1cnn2ccncc12. The zero-order chi connectivity index (χ0) is 10.7. The van der Waals surface area contributed by atoms with Gasteiger partial charge < -0.3 is 0 Å². The molecule has 0 aliphatic heterocycles. The van der Waals surface area contributed by atoms with Crippen LogP contribution in [0.5, 0.6) is 0 Å². The minimum Gasteiger partial charge on any atom is -0.271 e. The van der Waals surface area contributed by atoms with Crippen molar-refractivity contribution in [2.75, 3.05) is 0 Å². The standard InChI is InChI=1S/C10H13N5/c1-2-3-9(14-11)8-6-13-15-5-4-12-7-10(8)15/h2,4-7,9,14H,1,3,11H2. The number of hydrazine groups is 1. The molecule has 2 heterocycles. The average Bonchev–Trinajstić information content (AvgIpc) is 2.70. The van der Waals surface area contributed by atoms with E-state index in [1.54, 1.807) is 29.3 Å². The maximum Gasteiger partial charge on any atom is 0.0893 e. The van der Waals surface area contributed by atoms with Gasteiger partial charge in [-0.25, -0.2) is 4.52 Å². The summed E-state index contributed by atoms with van der Waals surface area (Å²) in [5.41, 5.74) is 4.74. The quantitative estimate of drug-likeness (QED) is 0.438. The third-order valence-electron chi connectivity index (χ3n) is 2.33. The van der Waals surface area contributed by atoms with Crippen LogP contribution in [-0.4, -0.2) is 14.6 Å². The summed E-state index contributed by atoms with van der Waals surface area (Å²) in [4.78, 5) is 4.07. The van der Waals surface area contributed by atoms with E-state index < -0.39 is 0 Å². The van der Waals surface area contributed by atoms with Crippen molar-refractivity contribution in [2.24, 2.45) is 5.84 Å². The molecule has 0 spiro atoms. The number of aromatic nitrogens is 3. The van der Waals surface area contributed by atoms with Crippen molar-refractivity contribution in [2.45, 2.75) is 12.5 Å². The molecule has 5 heteroatoms. The van der Waals surface area contributed by atoms with Gasteiger partial charge in [0.2, 0.25) is 0 Å². The lowest BCUT2D eigenvalue weighted by Crippen LogP contribution is -2.27. The number of nitrogens with one attached hydrogen (secondary N) is 1. The first kappa shape index (κ1) is 9.82. The lowest BCUT2D eigenvalue weighted by molar-refractivity contribution is 0.565. The number of hydrogen-bond acceptors (Lipinski definition) is 4. The van der Waals surface area contributed by atoms with Crippen LogP contribution in [0.1, 0.15) is 18.0 Å². The van der Waals surface area contributed by atoms with Gasteiger partial charge in [0.15, 0.2) is 0 Å². The summed E-state index contributed by atoms with van der Waals surface area (Å²) in [5.74, 6) is 5.49. The van der Waals surface area contributed by atoms with Crippen molar-refractivity contribution in [3.8, 4) is 0 Å². The van der Waals surface area contributed by atoms with Crippen LogP contribution in [0.2, 0.25) is 0 Å². The van der Waals surface area contributed by atoms with Crippen LogP contribution in [0.4, 0.5) is 0 Å². The topological polar surface area (TPSA) is 68.2 Å². The molecule has 0 saturated heterocycles. The number of hydrogen-bond donors (Lipinski definition) is 2. The Morgan fingerprint density at radius 1 is 1.60 bits per heavy atom. The van der Waals surface area contributed by atoms with Gasteiger partial charge in [-0.05, 0) is 6.42 Å². The monoisotopic (exact) mass is 203 g/mol. The molecule has 0 bridgehead atoms. The number of rotatable bonds is 4. The molecule has 15 heavy (non-hydrogen) atoms. The van der Waals surface area contributed by atoms with E-state index in [2.05, 4.69) is 22.1 Å². The molecule has 5 nitrogen and oxygen atoms in total. The lowest BCUT2D eigenvalue weighted by Gasteiger charge is -2.11. The largest absolute Gasteiger partial charge is 0.271 e. The highest BCUT2D eigenvalue weighted by molar-refractivity contribution is 5.53. The van der Waals surface area contributed by atoms with Crippen molar-refractivity contribution in [1.82, 2.24) is 20.0 Å². The first-order valence-corrected chi connectivity index (χ1v) is 4.71. The molecule has 0 aliphatic carbocycles. The van der Waals surface area contributed by atoms with Crippen molar-refractivity contribution < 1.29 is 0 Å². The second-order valence-electron chi connectivity index (χ2n) is 3.25. The Hall–Kier alpha value is -1.72. The van der Waals surface area contributed by atoms with Gasteiger partial charge in [0.05, 0.1) is 24.0 Å². The van der Waals surface area contributed by atoms with Crippen LogP contribution >= 0.6 is 0 Å². The van der Waals surface area contributed by atoms with Gasteiger partial charge in [-0.3, -0.25) is 16.3 Å². The maximum atomic E-state index is 5.49. The Balaban J connectivity index is 2.45. The molecule has 0 radical (unpaired) electrons. The van der Waals surface area contributed by atoms with Crippen LogP contribution in [0.15, 0.2) is 37.4 Å². The highest BCUT2D eigenvalue weighted by atomic mass is 15.3. The summed E-state index contributed by atoms with van der Waals surface area (Å²) in [6.45, 7) is 3.70. The molecule has 1 unspecified atom stereocenters. The third-order valence-corrected chi connectivity index (χ3v) is 2.33. The fourth-order valence-corrected chi connectivity index (χ4v) is 1.57. The molecule has 1 atom stereocenters. The van der Waals surface area contributed by atoms with E-state index in [4.69, 9.17) is 5.84 Å². The molecule has 0 fully saturated rings. The van der Waals surface area contributed by atoms with Crippen molar-refractivity contribution >= 4 is 5.52 Å². The van der Waals surface area contributed by atoms with Gasteiger partial charge in [0, 0.05) is 18.0 Å². The molecular formula is C10H13N5. The van der Waals surface area contributed by atoms with E-state index in [0.29, 0.717) is 0 Å². The molecule has 2 rings (SSSR count). The zero-order valence-electron chi connectivity index (χ0n) is 8.30. The molecule has 2 aromatic rings. The minimum absolute atomic E-state index is 0.0317. The normalized spacial score (nSPS) is 12.9. The molecule has 0 saturated carbocycles. The molecule has 0 aliphatic rings. The van der Waals surface area contributed by atoms with Crippen molar-refractivity contribution in [3.63, 3.8) is 0 Å². The van der Waals surface area contributed by atoms with E-state index in [0.717, 1.165) is 17.5 Å². The predicted molar refractivity (Wildman–Crippen MR) is 57.9 cm³/mol. The summed E-state index contributed by atoms with van der Waals surface area (Å²) < 4.78 is 1.77. The Bertz CT molecular complexity index is 462. The summed E-state index contributed by atoms with van der Waals surface area (Å²) in [5, 5.41) is 4.22. The van der Waals surface area contributed by atoms with Crippen molar-refractivity contribution in [3.05, 3.63) is 43.0 Å². The van der Waals surface area contributed by atoms with Crippen LogP contribution in [-0.2, 0) is 0 Å². The van der Waals surface area contributed by atoms with Crippen LogP contribution < -0.4 is 11.3 Å². The smallest absolute Gasteiger partial charge is 0.0893 e. The van der Waals surface area contributed by atoms with E-state index in [9.17, 15) is 0 Å². The second kappa shape index (κ2) is 4.20. The van der Waals surface area contributed by atoms with Crippen molar-refractivity contribution in [1.29, 1.82) is 0 Å². The fraction of sp³-hybridized carbons (Fsp3) is 0.200. The molecule has 78 valence electrons. The van der Waals surface area contributed by atoms with E-state index in [1.165, 1.54) is 0 Å². The van der Waals surface area contributed by atoms with E-state index in [1.807, 2.05) is 6.08 Å². The van der Waals surface area contributed by atoms with Crippen LogP contribution in [0.25, 0.3) is 5.52 Å². The first-order chi connectivity index (χ1) is 7.36. The van der Waals surface area contributed by atoms with E-state index >= 15 is 0 Å². The summed E-state index contributed by atoms with van der Waals surface area (Å²) in [7, 11) is 0. The highest BCUT2D eigenvalue weighted by Gasteiger charge is 2.13. The molecule has 0 aromatic carbocycles. The minimum atomic E-state index is 0.0317. The maximum absolute atomic E-state index is 5.49. The fourth-order valence-electron chi connectivity index (χ4n) is 1.57. The molecule has 2 aromatic heterocycles. The lowest BCUT2D eigenvalue weighted by atomic mass is 10.1. The summed E-state index contributed by atoms with van der Waals surface area (Å²) in [6, 6.07) is 0.0317. The number of nitrogens with two attached hydrogens (primary N) is 1.